The van der Waals surface area contributed by atoms with Gasteiger partial charge in [0.1, 0.15) is 0 Å². The Hall–Kier alpha value is 0.194. The minimum atomic E-state index is -1.04. The number of nitrogens with zero attached hydrogens (tertiary/aromatic N) is 1. The number of ether oxygens (including phenoxy) is 1. The molecule has 1 radical (unpaired) electrons. The molecule has 0 saturated carbocycles. The maximum absolute atomic E-state index is 11.8. The van der Waals surface area contributed by atoms with Crippen molar-refractivity contribution in [3.63, 3.8) is 0 Å². The number of carbonyl (C=O) groups excluding carboxylic acids is 1. The summed E-state index contributed by atoms with van der Waals surface area (Å²) in [4.78, 5) is 14.8. The van der Waals surface area contributed by atoms with E-state index in [1.54, 1.807) is 11.3 Å². The van der Waals surface area contributed by atoms with Gasteiger partial charge in [-0.05, 0) is 19.3 Å². The molecule has 4 nitrogen and oxygen atoms in total. The van der Waals surface area contributed by atoms with E-state index in [9.17, 15) is 4.79 Å². The molecule has 2 rings (SSSR count). The standard InChI is InChI=1S/C14H20NO3S.Y/c16-8-2-1-7-15-12(5-6-14(15)17)10-18-11-13-4-3-9-19-13;/h3-4,12,16H,1-2,5-8,10-11H2;/q-1;/i8D;. The van der Waals surface area contributed by atoms with E-state index < -0.39 is 6.58 Å². The van der Waals surface area contributed by atoms with E-state index in [1.807, 2.05) is 17.0 Å². The second-order valence-corrected chi connectivity index (χ2v) is 5.60. The monoisotopic (exact) mass is 372 g/mol. The summed E-state index contributed by atoms with van der Waals surface area (Å²) in [5.41, 5.74) is 0. The number of thiophene rings is 1. The summed E-state index contributed by atoms with van der Waals surface area (Å²) in [7, 11) is 0. The largest absolute Gasteiger partial charge is 0.396 e. The van der Waals surface area contributed by atoms with Crippen molar-refractivity contribution in [2.75, 3.05) is 19.7 Å². The molecule has 1 aliphatic heterocycles. The van der Waals surface area contributed by atoms with E-state index in [2.05, 4.69) is 5.38 Å². The Labute approximate surface area is 150 Å². The third-order valence-electron chi connectivity index (χ3n) is 3.27. The predicted molar refractivity (Wildman–Crippen MR) is 73.9 cm³/mol. The molecule has 2 heterocycles. The number of likely N-dealkylation sites (tertiary alicyclic amines) is 1. The molecule has 1 aromatic rings. The first-order valence-electron chi connectivity index (χ1n) is 7.17. The van der Waals surface area contributed by atoms with Crippen LogP contribution >= 0.6 is 11.3 Å². The molecule has 1 aliphatic rings. The molecule has 0 spiro atoms. The summed E-state index contributed by atoms with van der Waals surface area (Å²) in [5.74, 6) is 0.155. The van der Waals surface area contributed by atoms with E-state index in [0.717, 1.165) is 11.3 Å². The Morgan fingerprint density at radius 1 is 1.60 bits per heavy atom. The third-order valence-corrected chi connectivity index (χ3v) is 4.04. The fraction of sp³-hybridized carbons (Fsp3) is 0.643. The van der Waals surface area contributed by atoms with Crippen LogP contribution < -0.4 is 0 Å². The number of amides is 1. The first-order chi connectivity index (χ1) is 9.66. The van der Waals surface area contributed by atoms with Gasteiger partial charge in [-0.25, -0.2) is 0 Å². The second kappa shape index (κ2) is 10.0. The van der Waals surface area contributed by atoms with Gasteiger partial charge in [-0.1, -0.05) is 0 Å². The molecule has 6 heteroatoms. The predicted octanol–water partition coefficient (Wildman–Crippen LogP) is 1.83. The zero-order chi connectivity index (χ0) is 14.4. The molecule has 1 amide bonds. The van der Waals surface area contributed by atoms with Crippen molar-refractivity contribution in [3.05, 3.63) is 22.4 Å². The average molecular weight is 372 g/mol. The van der Waals surface area contributed by atoms with E-state index in [1.165, 1.54) is 0 Å². The van der Waals surface area contributed by atoms with E-state index in [4.69, 9.17) is 11.2 Å². The van der Waals surface area contributed by atoms with E-state index >= 15 is 0 Å². The minimum Gasteiger partial charge on any atom is -0.396 e. The van der Waals surface area contributed by atoms with Crippen molar-refractivity contribution in [1.29, 1.82) is 0 Å². The van der Waals surface area contributed by atoms with Crippen molar-refractivity contribution in [2.45, 2.75) is 38.3 Å². The summed E-state index contributed by atoms with van der Waals surface area (Å²) in [6.45, 7) is 0.679. The third kappa shape index (κ3) is 5.53. The average Bonchev–Trinajstić information content (AvgIpc) is 3.02. The number of rotatable bonds is 8. The van der Waals surface area contributed by atoms with Gasteiger partial charge in [0.05, 0.1) is 14.0 Å². The first-order valence-corrected chi connectivity index (χ1v) is 7.40. The molecule has 2 unspecified atom stereocenters. The molecular weight excluding hydrogens is 351 g/mol. The van der Waals surface area contributed by atoms with Crippen molar-refractivity contribution in [1.82, 2.24) is 4.90 Å². The van der Waals surface area contributed by atoms with Crippen molar-refractivity contribution < 1.29 is 48.7 Å². The molecule has 0 aliphatic carbocycles. The van der Waals surface area contributed by atoms with Gasteiger partial charge in [0.2, 0.25) is 5.91 Å². The quantitative estimate of drug-likeness (QED) is 0.709. The fourth-order valence-corrected chi connectivity index (χ4v) is 2.84. The second-order valence-electron chi connectivity index (χ2n) is 4.64. The number of aliphatic hydroxyl groups excluding tert-OH is 1. The molecular formula is C14H20NO3SY-. The smallest absolute Gasteiger partial charge is 0.222 e. The van der Waals surface area contributed by atoms with Gasteiger partial charge >= 0.3 is 0 Å². The van der Waals surface area contributed by atoms with Crippen molar-refractivity contribution >= 4 is 17.2 Å². The molecule has 109 valence electrons. The van der Waals surface area contributed by atoms with Gasteiger partial charge < -0.3 is 14.7 Å². The SMILES string of the molecule is [2H]C(O)CCCN1C(=O)CCC1COCc1cc[c-]s1.[Y]. The summed E-state index contributed by atoms with van der Waals surface area (Å²) in [5, 5.41) is 12.0. The molecule has 1 N–H and O–H groups in total. The minimum absolute atomic E-state index is 0. The summed E-state index contributed by atoms with van der Waals surface area (Å²) < 4.78 is 12.7. The van der Waals surface area contributed by atoms with Crippen LogP contribution in [0.5, 0.6) is 0 Å². The summed E-state index contributed by atoms with van der Waals surface area (Å²) >= 11 is 1.54. The summed E-state index contributed by atoms with van der Waals surface area (Å²) in [6, 6.07) is 3.99. The van der Waals surface area contributed by atoms with Gasteiger partial charge in [0, 0.05) is 58.9 Å². The van der Waals surface area contributed by atoms with Gasteiger partial charge in [-0.15, -0.1) is 10.3 Å². The molecule has 0 aromatic carbocycles. The molecule has 1 fully saturated rings. The topological polar surface area (TPSA) is 49.8 Å². The van der Waals surface area contributed by atoms with Crippen LogP contribution in [0.4, 0.5) is 0 Å². The Balaban J connectivity index is 0.00000220. The van der Waals surface area contributed by atoms with Crippen LogP contribution in [0.2, 0.25) is 0 Å². The number of carbonyl (C=O) groups is 1. The number of hydrogen-bond acceptors (Lipinski definition) is 4. The fourth-order valence-electron chi connectivity index (χ4n) is 2.27. The Bertz CT molecular complexity index is 416. The summed E-state index contributed by atoms with van der Waals surface area (Å²) in [6.07, 6.45) is 2.47. The van der Waals surface area contributed by atoms with Gasteiger partial charge in [-0.3, -0.25) is 16.1 Å². The van der Waals surface area contributed by atoms with Crippen LogP contribution in [0.25, 0.3) is 0 Å². The van der Waals surface area contributed by atoms with Crippen molar-refractivity contribution in [3.8, 4) is 0 Å². The van der Waals surface area contributed by atoms with Crippen LogP contribution in [0.3, 0.4) is 0 Å². The van der Waals surface area contributed by atoms with Crippen LogP contribution in [0.15, 0.2) is 12.1 Å². The Kier molecular flexibility index (Phi) is 8.29. The van der Waals surface area contributed by atoms with Crippen LogP contribution in [-0.2, 0) is 48.8 Å². The van der Waals surface area contributed by atoms with Gasteiger partial charge in [0.25, 0.3) is 0 Å². The molecule has 0 bridgehead atoms. The zero-order valence-electron chi connectivity index (χ0n) is 12.5. The maximum atomic E-state index is 11.8. The normalized spacial score (nSPS) is 20.6. The molecule has 1 saturated heterocycles. The molecule has 20 heavy (non-hydrogen) atoms. The zero-order valence-corrected chi connectivity index (χ0v) is 15.1. The Morgan fingerprint density at radius 3 is 3.15 bits per heavy atom. The van der Waals surface area contributed by atoms with Crippen molar-refractivity contribution in [2.24, 2.45) is 0 Å². The van der Waals surface area contributed by atoms with Crippen LogP contribution in [0, 0.1) is 5.38 Å². The van der Waals surface area contributed by atoms with E-state index in [0.29, 0.717) is 39.0 Å². The maximum Gasteiger partial charge on any atom is 0.222 e. The number of hydrogen-bond donors (Lipinski definition) is 1. The van der Waals surface area contributed by atoms with E-state index in [-0.39, 0.29) is 44.7 Å². The van der Waals surface area contributed by atoms with Crippen LogP contribution in [-0.4, -0.2) is 41.7 Å². The van der Waals surface area contributed by atoms with Crippen LogP contribution in [0.1, 0.15) is 31.9 Å². The van der Waals surface area contributed by atoms with Gasteiger partial charge in [-0.2, -0.15) is 12.1 Å². The Morgan fingerprint density at radius 2 is 2.45 bits per heavy atom. The first kappa shape index (κ1) is 16.6. The molecule has 1 aromatic heterocycles. The van der Waals surface area contributed by atoms with Gasteiger partial charge in [0.15, 0.2) is 0 Å². The molecule has 2 atom stereocenters. The number of aliphatic hydroxyl groups is 1.